The van der Waals surface area contributed by atoms with Crippen LogP contribution in [0.1, 0.15) is 25.7 Å². The molecule has 0 saturated carbocycles. The Hall–Kier alpha value is -0.570. The minimum absolute atomic E-state index is 0.458. The van der Waals surface area contributed by atoms with Gasteiger partial charge in [0.15, 0.2) is 0 Å². The molecule has 2 heterocycles. The van der Waals surface area contributed by atoms with Gasteiger partial charge in [-0.2, -0.15) is 0 Å². The molecular formula is C9H17N2O+. The molecule has 2 aliphatic rings. The van der Waals surface area contributed by atoms with Crippen LogP contribution in [0, 0.1) is 0 Å². The summed E-state index contributed by atoms with van der Waals surface area (Å²) in [6, 6.07) is 0. The zero-order chi connectivity index (χ0) is 8.23. The normalized spacial score (nSPS) is 29.0. The second kappa shape index (κ2) is 3.90. The molecule has 2 rings (SSSR count). The number of ether oxygens (including phenoxy) is 1. The first-order chi connectivity index (χ1) is 5.95. The minimum atomic E-state index is 0.458. The summed E-state index contributed by atoms with van der Waals surface area (Å²) in [7, 11) is 0. The molecule has 1 fully saturated rings. The predicted octanol–water partition coefficient (Wildman–Crippen LogP) is -0.972. The topological polar surface area (TPSA) is 35.2 Å². The van der Waals surface area contributed by atoms with Crippen LogP contribution in [0.4, 0.5) is 0 Å². The maximum atomic E-state index is 5.51. The summed E-state index contributed by atoms with van der Waals surface area (Å²) in [5.41, 5.74) is 0. The van der Waals surface area contributed by atoms with E-state index in [2.05, 4.69) is 10.3 Å². The lowest BCUT2D eigenvalue weighted by Gasteiger charge is -2.05. The fourth-order valence-corrected chi connectivity index (χ4v) is 1.79. The number of rotatable bonds is 2. The highest BCUT2D eigenvalue weighted by molar-refractivity contribution is 5.77. The highest BCUT2D eigenvalue weighted by atomic mass is 16.5. The maximum absolute atomic E-state index is 5.51. The average Bonchev–Trinajstić information content (AvgIpc) is 2.74. The fraction of sp³-hybridized carbons (Fsp3) is 0.889. The second-order valence-corrected chi connectivity index (χ2v) is 3.52. The smallest absolute Gasteiger partial charge is 0.242 e. The van der Waals surface area contributed by atoms with Gasteiger partial charge in [-0.15, -0.1) is 0 Å². The SMILES string of the molecule is C1C[NH+]=C(NC[C@@H]2CCCO2)C1. The monoisotopic (exact) mass is 169 g/mol. The van der Waals surface area contributed by atoms with Crippen LogP contribution in [-0.4, -0.2) is 31.6 Å². The van der Waals surface area contributed by atoms with Crippen LogP contribution in [-0.2, 0) is 4.74 Å². The molecule has 3 heteroatoms. The third-order valence-electron chi connectivity index (χ3n) is 2.51. The molecule has 0 unspecified atom stereocenters. The van der Waals surface area contributed by atoms with Crippen molar-refractivity contribution in [3.05, 3.63) is 0 Å². The Bertz CT molecular complexity index is 173. The molecule has 0 spiro atoms. The molecule has 3 nitrogen and oxygen atoms in total. The van der Waals surface area contributed by atoms with Gasteiger partial charge < -0.3 is 4.74 Å². The summed E-state index contributed by atoms with van der Waals surface area (Å²) in [5, 5.41) is 3.40. The fourth-order valence-electron chi connectivity index (χ4n) is 1.79. The molecule has 0 aliphatic carbocycles. The zero-order valence-electron chi connectivity index (χ0n) is 7.44. The van der Waals surface area contributed by atoms with E-state index in [4.69, 9.17) is 4.74 Å². The first kappa shape index (κ1) is 8.05. The molecular weight excluding hydrogens is 152 g/mol. The molecule has 0 aromatic heterocycles. The number of hydrogen-bond acceptors (Lipinski definition) is 2. The van der Waals surface area contributed by atoms with Crippen LogP contribution in [0.3, 0.4) is 0 Å². The predicted molar refractivity (Wildman–Crippen MR) is 47.0 cm³/mol. The molecule has 0 amide bonds. The van der Waals surface area contributed by atoms with Crippen LogP contribution in [0.2, 0.25) is 0 Å². The Labute approximate surface area is 73.2 Å². The summed E-state index contributed by atoms with van der Waals surface area (Å²) in [4.78, 5) is 3.33. The van der Waals surface area contributed by atoms with E-state index in [-0.39, 0.29) is 0 Å². The van der Waals surface area contributed by atoms with Crippen molar-refractivity contribution in [1.29, 1.82) is 0 Å². The van der Waals surface area contributed by atoms with Crippen molar-refractivity contribution in [3.8, 4) is 0 Å². The highest BCUT2D eigenvalue weighted by Gasteiger charge is 2.19. The van der Waals surface area contributed by atoms with E-state index in [9.17, 15) is 0 Å². The van der Waals surface area contributed by atoms with Crippen molar-refractivity contribution in [2.45, 2.75) is 31.8 Å². The van der Waals surface area contributed by atoms with Gasteiger partial charge in [-0.1, -0.05) is 0 Å². The quantitative estimate of drug-likeness (QED) is 0.558. The van der Waals surface area contributed by atoms with E-state index < -0.39 is 0 Å². The number of nitrogens with one attached hydrogen (secondary N) is 2. The van der Waals surface area contributed by atoms with Gasteiger partial charge in [0.2, 0.25) is 5.84 Å². The third kappa shape index (κ3) is 1.97. The Morgan fingerprint density at radius 1 is 1.50 bits per heavy atom. The van der Waals surface area contributed by atoms with Gasteiger partial charge in [0, 0.05) is 6.61 Å². The van der Waals surface area contributed by atoms with Gasteiger partial charge in [-0.05, 0) is 19.3 Å². The zero-order valence-corrected chi connectivity index (χ0v) is 7.44. The Morgan fingerprint density at radius 2 is 2.50 bits per heavy atom. The van der Waals surface area contributed by atoms with Gasteiger partial charge >= 0.3 is 0 Å². The van der Waals surface area contributed by atoms with Crippen molar-refractivity contribution < 1.29 is 9.73 Å². The Kier molecular flexibility index (Phi) is 2.61. The summed E-state index contributed by atoms with van der Waals surface area (Å²) in [6.45, 7) is 3.07. The van der Waals surface area contributed by atoms with Crippen LogP contribution < -0.4 is 10.3 Å². The van der Waals surface area contributed by atoms with Crippen molar-refractivity contribution >= 4 is 5.84 Å². The highest BCUT2D eigenvalue weighted by Crippen LogP contribution is 2.10. The number of amidine groups is 1. The molecule has 2 aliphatic heterocycles. The van der Waals surface area contributed by atoms with Crippen LogP contribution in [0.15, 0.2) is 0 Å². The van der Waals surface area contributed by atoms with E-state index in [1.54, 1.807) is 0 Å². The first-order valence-electron chi connectivity index (χ1n) is 4.90. The van der Waals surface area contributed by atoms with Gasteiger partial charge in [0.25, 0.3) is 0 Å². The van der Waals surface area contributed by atoms with Crippen LogP contribution >= 0.6 is 0 Å². The largest absolute Gasteiger partial charge is 0.374 e. The Balaban J connectivity index is 1.67. The van der Waals surface area contributed by atoms with Gasteiger partial charge in [-0.25, -0.2) is 0 Å². The van der Waals surface area contributed by atoms with E-state index in [1.807, 2.05) is 0 Å². The van der Waals surface area contributed by atoms with E-state index >= 15 is 0 Å². The lowest BCUT2D eigenvalue weighted by atomic mass is 10.2. The average molecular weight is 169 g/mol. The summed E-state index contributed by atoms with van der Waals surface area (Å²) in [6.07, 6.45) is 5.37. The molecule has 0 bridgehead atoms. The van der Waals surface area contributed by atoms with E-state index in [1.165, 1.54) is 31.5 Å². The molecule has 1 saturated heterocycles. The van der Waals surface area contributed by atoms with Crippen molar-refractivity contribution in [3.63, 3.8) is 0 Å². The minimum Gasteiger partial charge on any atom is -0.374 e. The van der Waals surface area contributed by atoms with E-state index in [0.29, 0.717) is 6.10 Å². The van der Waals surface area contributed by atoms with Gasteiger partial charge in [0.05, 0.1) is 19.1 Å². The standard InChI is InChI=1S/C9H16N2O/c1-4-9(10-5-1)11-7-8-3-2-6-12-8/h8H,1-7H2,(H,10,11)/p+1/t8-/m0/s1. The van der Waals surface area contributed by atoms with Gasteiger partial charge in [-0.3, -0.25) is 10.3 Å². The van der Waals surface area contributed by atoms with Crippen LogP contribution in [0.5, 0.6) is 0 Å². The molecule has 0 aromatic rings. The summed E-state index contributed by atoms with van der Waals surface area (Å²) in [5.74, 6) is 1.31. The van der Waals surface area contributed by atoms with Crippen molar-refractivity contribution in [2.24, 2.45) is 0 Å². The van der Waals surface area contributed by atoms with E-state index in [0.717, 1.165) is 19.7 Å². The summed E-state index contributed by atoms with van der Waals surface area (Å²) < 4.78 is 5.51. The third-order valence-corrected chi connectivity index (χ3v) is 2.51. The Morgan fingerprint density at radius 3 is 3.17 bits per heavy atom. The molecule has 1 atom stereocenters. The molecule has 2 N–H and O–H groups in total. The van der Waals surface area contributed by atoms with Crippen molar-refractivity contribution in [1.82, 2.24) is 5.32 Å². The lowest BCUT2D eigenvalue weighted by molar-refractivity contribution is -0.449. The molecule has 0 aromatic carbocycles. The summed E-state index contributed by atoms with van der Waals surface area (Å²) >= 11 is 0. The molecule has 0 radical (unpaired) electrons. The second-order valence-electron chi connectivity index (χ2n) is 3.52. The molecule has 68 valence electrons. The lowest BCUT2D eigenvalue weighted by Crippen LogP contribution is -2.72. The van der Waals surface area contributed by atoms with Crippen molar-refractivity contribution in [2.75, 3.05) is 19.7 Å². The molecule has 12 heavy (non-hydrogen) atoms. The van der Waals surface area contributed by atoms with Gasteiger partial charge in [0.1, 0.15) is 6.54 Å². The van der Waals surface area contributed by atoms with Crippen LogP contribution in [0.25, 0.3) is 0 Å². The first-order valence-corrected chi connectivity index (χ1v) is 4.90. The maximum Gasteiger partial charge on any atom is 0.242 e. The number of hydrogen-bond donors (Lipinski definition) is 2.